The van der Waals surface area contributed by atoms with Gasteiger partial charge in [0.25, 0.3) is 11.6 Å². The first-order valence-electron chi connectivity index (χ1n) is 8.80. The first kappa shape index (κ1) is 20.2. The van der Waals surface area contributed by atoms with Gasteiger partial charge in [0.15, 0.2) is 6.61 Å². The molecule has 1 amide bonds. The summed E-state index contributed by atoms with van der Waals surface area (Å²) in [7, 11) is 0. The number of hydrogen-bond acceptors (Lipinski definition) is 6. The fourth-order valence-corrected chi connectivity index (χ4v) is 3.62. The van der Waals surface area contributed by atoms with Crippen molar-refractivity contribution >= 4 is 28.9 Å². The van der Waals surface area contributed by atoms with Crippen molar-refractivity contribution in [3.05, 3.63) is 98.2 Å². The van der Waals surface area contributed by atoms with E-state index in [2.05, 4.69) is 5.32 Å². The average Bonchev–Trinajstić information content (AvgIpc) is 3.26. The molecule has 0 bridgehead atoms. The summed E-state index contributed by atoms with van der Waals surface area (Å²) in [4.78, 5) is 35.8. The third-order valence-electron chi connectivity index (χ3n) is 4.15. The number of hydrogen-bond donors (Lipinski definition) is 1. The molecule has 148 valence electrons. The molecule has 0 spiro atoms. The largest absolute Gasteiger partial charge is 0.455 e. The highest BCUT2D eigenvalue weighted by Crippen LogP contribution is 2.25. The first-order valence-corrected chi connectivity index (χ1v) is 9.68. The van der Waals surface area contributed by atoms with E-state index in [0.29, 0.717) is 0 Å². The van der Waals surface area contributed by atoms with Crippen LogP contribution in [0.1, 0.15) is 22.0 Å². The Kier molecular flexibility index (Phi) is 6.70. The predicted octanol–water partition coefficient (Wildman–Crippen LogP) is 3.65. The van der Waals surface area contributed by atoms with E-state index in [1.54, 1.807) is 6.07 Å². The van der Waals surface area contributed by atoms with Crippen LogP contribution in [0.3, 0.4) is 0 Å². The Morgan fingerprint density at radius 2 is 1.76 bits per heavy atom. The van der Waals surface area contributed by atoms with Gasteiger partial charge in [0.1, 0.15) is 0 Å². The third-order valence-corrected chi connectivity index (χ3v) is 5.09. The number of nitro groups is 1. The van der Waals surface area contributed by atoms with E-state index in [9.17, 15) is 19.7 Å². The molecule has 0 aliphatic heterocycles. The van der Waals surface area contributed by atoms with Crippen LogP contribution in [0.25, 0.3) is 0 Å². The molecule has 1 heterocycles. The van der Waals surface area contributed by atoms with Crippen LogP contribution in [0.4, 0.5) is 5.69 Å². The molecule has 3 rings (SSSR count). The number of nitrogens with one attached hydrogen (secondary N) is 1. The van der Waals surface area contributed by atoms with Crippen molar-refractivity contribution in [3.63, 3.8) is 0 Å². The maximum absolute atomic E-state index is 12.4. The normalized spacial score (nSPS) is 11.4. The number of nitrogens with zero attached hydrogens (tertiary/aromatic N) is 1. The molecule has 0 fully saturated rings. The molecule has 1 N–H and O–H groups in total. The molecule has 0 radical (unpaired) electrons. The van der Waals surface area contributed by atoms with Crippen molar-refractivity contribution < 1.29 is 19.2 Å². The number of nitro benzene ring substituents is 1. The first-order chi connectivity index (χ1) is 14.0. The molecule has 29 heavy (non-hydrogen) atoms. The lowest BCUT2D eigenvalue weighted by molar-refractivity contribution is -0.385. The SMILES string of the molecule is O=C(COC(=O)Cc1ccccc1[N+](=O)[O-])N[C@@H](c1ccccc1)c1cccs1. The minimum absolute atomic E-state index is 0.157. The molecule has 1 aromatic heterocycles. The number of para-hydroxylation sites is 1. The van der Waals surface area contributed by atoms with Gasteiger partial charge in [-0.2, -0.15) is 0 Å². The van der Waals surface area contributed by atoms with E-state index in [4.69, 9.17) is 4.74 Å². The number of esters is 1. The summed E-state index contributed by atoms with van der Waals surface area (Å²) in [6, 6.07) is 18.9. The average molecular weight is 410 g/mol. The van der Waals surface area contributed by atoms with Gasteiger partial charge in [-0.1, -0.05) is 54.6 Å². The molecule has 2 aromatic carbocycles. The predicted molar refractivity (Wildman–Crippen MR) is 109 cm³/mol. The highest BCUT2D eigenvalue weighted by atomic mass is 32.1. The molecule has 8 heteroatoms. The Morgan fingerprint density at radius 3 is 2.45 bits per heavy atom. The fourth-order valence-electron chi connectivity index (χ4n) is 2.81. The van der Waals surface area contributed by atoms with E-state index >= 15 is 0 Å². The van der Waals surface area contributed by atoms with Crippen LogP contribution in [-0.2, 0) is 20.7 Å². The summed E-state index contributed by atoms with van der Waals surface area (Å²) in [5.41, 5.74) is 0.994. The molecule has 0 saturated heterocycles. The Bertz CT molecular complexity index is 989. The van der Waals surface area contributed by atoms with Gasteiger partial charge < -0.3 is 10.1 Å². The Balaban J connectivity index is 1.60. The van der Waals surface area contributed by atoms with Crippen molar-refractivity contribution in [2.75, 3.05) is 6.61 Å². The van der Waals surface area contributed by atoms with Gasteiger partial charge in [-0.15, -0.1) is 11.3 Å². The summed E-state index contributed by atoms with van der Waals surface area (Å²) in [6.07, 6.45) is -0.280. The Morgan fingerprint density at radius 1 is 1.03 bits per heavy atom. The van der Waals surface area contributed by atoms with Crippen molar-refractivity contribution in [2.24, 2.45) is 0 Å². The number of rotatable bonds is 8. The van der Waals surface area contributed by atoms with E-state index in [1.807, 2.05) is 47.8 Å². The number of carbonyl (C=O) groups excluding carboxylic acids is 2. The van der Waals surface area contributed by atoms with Gasteiger partial charge >= 0.3 is 5.97 Å². The van der Waals surface area contributed by atoms with Crippen LogP contribution in [0, 0.1) is 10.1 Å². The van der Waals surface area contributed by atoms with Crippen LogP contribution in [0.2, 0.25) is 0 Å². The topological polar surface area (TPSA) is 98.5 Å². The number of ether oxygens (including phenoxy) is 1. The minimum atomic E-state index is -0.707. The smallest absolute Gasteiger partial charge is 0.311 e. The van der Waals surface area contributed by atoms with Crippen molar-refractivity contribution in [2.45, 2.75) is 12.5 Å². The van der Waals surface area contributed by atoms with Gasteiger partial charge in [0, 0.05) is 16.5 Å². The van der Waals surface area contributed by atoms with E-state index in [1.165, 1.54) is 29.5 Å². The van der Waals surface area contributed by atoms with Gasteiger partial charge in [0.05, 0.1) is 17.4 Å². The summed E-state index contributed by atoms with van der Waals surface area (Å²) in [6.45, 7) is -0.464. The zero-order chi connectivity index (χ0) is 20.6. The summed E-state index contributed by atoms with van der Waals surface area (Å²) in [5, 5.41) is 15.8. The molecule has 0 unspecified atom stereocenters. The van der Waals surface area contributed by atoms with Crippen molar-refractivity contribution in [3.8, 4) is 0 Å². The second-order valence-corrected chi connectivity index (χ2v) is 7.13. The van der Waals surface area contributed by atoms with Gasteiger partial charge in [-0.3, -0.25) is 19.7 Å². The Labute approximate surface area is 171 Å². The standard InChI is InChI=1S/C21H18N2O5S/c24-19(14-28-20(25)13-16-9-4-5-10-17(16)23(26)27)22-21(18-11-6-12-29-18)15-7-2-1-3-8-15/h1-12,21H,13-14H2,(H,22,24)/t21-/m0/s1. The van der Waals surface area contributed by atoms with E-state index in [0.717, 1.165) is 10.4 Å². The summed E-state index contributed by atoms with van der Waals surface area (Å²) in [5.74, 6) is -1.16. The summed E-state index contributed by atoms with van der Waals surface area (Å²) >= 11 is 1.51. The minimum Gasteiger partial charge on any atom is -0.455 e. The van der Waals surface area contributed by atoms with Crippen molar-refractivity contribution in [1.82, 2.24) is 5.32 Å². The number of benzene rings is 2. The quantitative estimate of drug-likeness (QED) is 0.347. The molecular weight excluding hydrogens is 392 g/mol. The van der Waals surface area contributed by atoms with Crippen LogP contribution in [0.15, 0.2) is 72.1 Å². The number of thiophene rings is 1. The van der Waals surface area contributed by atoms with Gasteiger partial charge in [-0.05, 0) is 17.0 Å². The van der Waals surface area contributed by atoms with E-state index < -0.39 is 23.4 Å². The molecule has 1 atom stereocenters. The highest BCUT2D eigenvalue weighted by Gasteiger charge is 2.20. The highest BCUT2D eigenvalue weighted by molar-refractivity contribution is 7.10. The lowest BCUT2D eigenvalue weighted by Crippen LogP contribution is -2.33. The van der Waals surface area contributed by atoms with E-state index in [-0.39, 0.29) is 23.7 Å². The molecule has 7 nitrogen and oxygen atoms in total. The van der Waals surface area contributed by atoms with Crippen LogP contribution in [0.5, 0.6) is 0 Å². The van der Waals surface area contributed by atoms with Crippen LogP contribution < -0.4 is 5.32 Å². The second-order valence-electron chi connectivity index (χ2n) is 6.15. The van der Waals surface area contributed by atoms with Crippen LogP contribution in [-0.4, -0.2) is 23.4 Å². The number of amides is 1. The maximum atomic E-state index is 12.4. The molecule has 0 aliphatic rings. The monoisotopic (exact) mass is 410 g/mol. The summed E-state index contributed by atoms with van der Waals surface area (Å²) < 4.78 is 5.03. The second kappa shape index (κ2) is 9.61. The fraction of sp³-hybridized carbons (Fsp3) is 0.143. The molecule has 3 aromatic rings. The third kappa shape index (κ3) is 5.49. The van der Waals surface area contributed by atoms with Gasteiger partial charge in [-0.25, -0.2) is 0 Å². The molecule has 0 aliphatic carbocycles. The Hall–Kier alpha value is -3.52. The zero-order valence-electron chi connectivity index (χ0n) is 15.3. The van der Waals surface area contributed by atoms with Gasteiger partial charge in [0.2, 0.25) is 0 Å². The molecular formula is C21H18N2O5S. The lowest BCUT2D eigenvalue weighted by atomic mass is 10.1. The number of carbonyl (C=O) groups is 2. The zero-order valence-corrected chi connectivity index (χ0v) is 16.1. The maximum Gasteiger partial charge on any atom is 0.311 e. The van der Waals surface area contributed by atoms with Crippen LogP contribution >= 0.6 is 11.3 Å². The lowest BCUT2D eigenvalue weighted by Gasteiger charge is -2.18. The van der Waals surface area contributed by atoms with Crippen molar-refractivity contribution in [1.29, 1.82) is 0 Å². The molecule has 0 saturated carbocycles.